The number of hydrogen-bond donors (Lipinski definition) is 3. The standard InChI is InChI=1S/C40H55IN5O9/c1-5-45-39(47)31-8-6-7-30-34(12-10-32(38(30)31)40(45)48)46-26-33(42-43-46)29-9-11-35(36(25-29)54-23-17-49-4)44-13-15-50-18-19-52-22-24-55-37(28(2)41-3)27-53-21-20-51-16-14-44/h6-12,25-26,28,37,39,42-43,47H,5,13-24,27H2,1-4H3/q-1. The van der Waals surface area contributed by atoms with Crippen molar-refractivity contribution in [3.63, 3.8) is 0 Å². The van der Waals surface area contributed by atoms with Crippen LogP contribution in [0.2, 0.25) is 0 Å². The number of carbonyl (C=O) groups is 1. The number of carbonyl (C=O) groups excluding carboxylic acids is 1. The smallest absolute Gasteiger partial charge is 0.489 e. The van der Waals surface area contributed by atoms with Crippen molar-refractivity contribution in [1.29, 1.82) is 0 Å². The number of ether oxygens (including phenoxy) is 7. The Balaban J connectivity index is 1.20. The molecule has 6 rings (SSSR count). The summed E-state index contributed by atoms with van der Waals surface area (Å²) in [6.45, 7) is 11.1. The number of nitrogens with zero attached hydrogens (tertiary/aromatic N) is 3. The van der Waals surface area contributed by atoms with Gasteiger partial charge in [0.1, 0.15) is 6.61 Å². The first-order chi connectivity index (χ1) is 26.9. The minimum Gasteiger partial charge on any atom is -0.489 e. The summed E-state index contributed by atoms with van der Waals surface area (Å²) >= 11 is 0.0315. The van der Waals surface area contributed by atoms with E-state index >= 15 is 0 Å². The summed E-state index contributed by atoms with van der Waals surface area (Å²) in [5.41, 5.74) is 11.4. The molecule has 55 heavy (non-hydrogen) atoms. The minimum absolute atomic E-state index is 0.0315. The zero-order chi connectivity index (χ0) is 38.6. The van der Waals surface area contributed by atoms with E-state index in [-0.39, 0.29) is 33.2 Å². The molecular weight excluding hydrogens is 821 g/mol. The summed E-state index contributed by atoms with van der Waals surface area (Å²) in [4.78, 5) is 19.2. The van der Waals surface area contributed by atoms with Crippen LogP contribution in [0, 0.1) is 0 Å². The fraction of sp³-hybridized carbons (Fsp3) is 0.525. The van der Waals surface area contributed by atoms with Crippen LogP contribution >= 0.6 is 0 Å². The Kier molecular flexibility index (Phi) is 15.6. The van der Waals surface area contributed by atoms with E-state index in [0.29, 0.717) is 113 Å². The Morgan fingerprint density at radius 3 is 2.40 bits per heavy atom. The summed E-state index contributed by atoms with van der Waals surface area (Å²) in [5, 5.41) is 14.5. The molecule has 0 aromatic heterocycles. The second-order valence-corrected chi connectivity index (χ2v) is 16.5. The average molecular weight is 877 g/mol. The molecule has 1 saturated heterocycles. The molecule has 15 heteroatoms. The van der Waals surface area contributed by atoms with Crippen molar-refractivity contribution >= 4 is 33.8 Å². The van der Waals surface area contributed by atoms with Gasteiger partial charge in [-0.15, -0.1) is 5.53 Å². The predicted molar refractivity (Wildman–Crippen MR) is 207 cm³/mol. The van der Waals surface area contributed by atoms with Gasteiger partial charge >= 0.3 is 162 Å². The number of hydrazine groups is 2. The second-order valence-electron chi connectivity index (χ2n) is 13.2. The van der Waals surface area contributed by atoms with Crippen molar-refractivity contribution < 1.29 is 64.3 Å². The van der Waals surface area contributed by atoms with Crippen LogP contribution in [0.1, 0.15) is 41.6 Å². The molecule has 3 unspecified atom stereocenters. The third-order valence-electron chi connectivity index (χ3n) is 9.89. The molecule has 0 saturated carbocycles. The molecular formula is C40H55IN5O9-. The number of anilines is 2. The number of aliphatic hydroxyl groups excluding tert-OH is 1. The summed E-state index contributed by atoms with van der Waals surface area (Å²) in [6.07, 6.45) is 1.04. The molecule has 14 nitrogen and oxygen atoms in total. The third kappa shape index (κ3) is 10.2. The van der Waals surface area contributed by atoms with Crippen molar-refractivity contribution in [2.45, 2.75) is 30.1 Å². The summed E-state index contributed by atoms with van der Waals surface area (Å²) in [7, 11) is 1.66. The van der Waals surface area contributed by atoms with Crippen molar-refractivity contribution in [3.8, 4) is 5.75 Å². The molecule has 3 aromatic rings. The number of hydrogen-bond acceptors (Lipinski definition) is 13. The Hall–Kier alpha value is -3.26. The molecule has 3 atom stereocenters. The van der Waals surface area contributed by atoms with Crippen molar-refractivity contribution in [3.05, 3.63) is 71.4 Å². The van der Waals surface area contributed by atoms with Crippen LogP contribution in [0.15, 0.2) is 54.7 Å². The number of aliphatic hydroxyl groups is 1. The quantitative estimate of drug-likeness (QED) is 0.149. The van der Waals surface area contributed by atoms with Gasteiger partial charge in [-0.05, 0) is 25.1 Å². The van der Waals surface area contributed by atoms with Crippen molar-refractivity contribution in [2.24, 2.45) is 0 Å². The van der Waals surface area contributed by atoms with Crippen LogP contribution in [0.3, 0.4) is 0 Å². The van der Waals surface area contributed by atoms with Crippen LogP contribution in [-0.2, 0) is 28.4 Å². The SMILES string of the molecule is CCN1C(=O)c2ccc(N3C=C(c4ccc(N5CCOCCOCCOC(C(C)[I-]C)COCCOCC5)c(OCCOC)c4)NN3)c3cccc(c23)C1O. The first-order valence-electron chi connectivity index (χ1n) is 18.9. The maximum atomic E-state index is 13.3. The second kappa shape index (κ2) is 20.8. The van der Waals surface area contributed by atoms with E-state index in [2.05, 4.69) is 39.8 Å². The third-order valence-corrected chi connectivity index (χ3v) is 12.7. The average Bonchev–Trinajstić information content (AvgIpc) is 3.70. The van der Waals surface area contributed by atoms with Gasteiger partial charge < -0.3 is 24.9 Å². The number of benzene rings is 3. The fourth-order valence-corrected chi connectivity index (χ4v) is 8.03. The van der Waals surface area contributed by atoms with Gasteiger partial charge in [0.2, 0.25) is 0 Å². The van der Waals surface area contributed by atoms with Gasteiger partial charge in [-0.2, -0.15) is 0 Å². The molecule has 0 spiro atoms. The van der Waals surface area contributed by atoms with Crippen LogP contribution < -0.4 is 46.8 Å². The van der Waals surface area contributed by atoms with Crippen molar-refractivity contribution in [1.82, 2.24) is 15.9 Å². The molecule has 0 bridgehead atoms. The van der Waals surface area contributed by atoms with Gasteiger partial charge in [-0.25, -0.2) is 0 Å². The molecule has 3 N–H and O–H groups in total. The minimum atomic E-state index is -0.997. The van der Waals surface area contributed by atoms with Crippen molar-refractivity contribution in [2.75, 3.05) is 114 Å². The van der Waals surface area contributed by atoms with Crippen LogP contribution in [0.25, 0.3) is 16.5 Å². The molecule has 1 amide bonds. The number of amides is 1. The Labute approximate surface area is 334 Å². The van der Waals surface area contributed by atoms with E-state index in [1.807, 2.05) is 54.5 Å². The maximum absolute atomic E-state index is 13.3. The molecule has 3 aliphatic heterocycles. The first-order valence-corrected chi connectivity index (χ1v) is 22.3. The van der Waals surface area contributed by atoms with Gasteiger partial charge in [-0.3, -0.25) is 9.80 Å². The zero-order valence-electron chi connectivity index (χ0n) is 32.3. The molecule has 0 aliphatic carbocycles. The van der Waals surface area contributed by atoms with E-state index in [1.165, 1.54) is 4.90 Å². The summed E-state index contributed by atoms with van der Waals surface area (Å²) in [5.74, 6) is 0.528. The van der Waals surface area contributed by atoms with E-state index in [1.54, 1.807) is 7.11 Å². The molecule has 1 fully saturated rings. The number of alkyl halides is 2. The van der Waals surface area contributed by atoms with Gasteiger partial charge in [-0.1, -0.05) is 24.3 Å². The number of methoxy groups -OCH3 is 1. The Bertz CT molecular complexity index is 1750. The molecule has 3 heterocycles. The van der Waals surface area contributed by atoms with Gasteiger partial charge in [0.05, 0.1) is 18.0 Å². The molecule has 3 aliphatic rings. The van der Waals surface area contributed by atoms with Crippen LogP contribution in [-0.4, -0.2) is 130 Å². The van der Waals surface area contributed by atoms with Gasteiger partial charge in [0.25, 0.3) is 5.91 Å². The summed E-state index contributed by atoms with van der Waals surface area (Å²) < 4.78 is 42.0. The van der Waals surface area contributed by atoms with Crippen LogP contribution in [0.4, 0.5) is 11.4 Å². The Morgan fingerprint density at radius 2 is 1.65 bits per heavy atom. The molecule has 3 aromatic carbocycles. The number of nitrogens with one attached hydrogen (secondary N) is 2. The van der Waals surface area contributed by atoms with Crippen LogP contribution in [0.5, 0.6) is 5.75 Å². The molecule has 302 valence electrons. The van der Waals surface area contributed by atoms with E-state index < -0.39 is 6.23 Å². The van der Waals surface area contributed by atoms with E-state index in [0.717, 1.165) is 33.4 Å². The van der Waals surface area contributed by atoms with Gasteiger partial charge in [0.15, 0.2) is 6.23 Å². The first kappa shape index (κ1) is 41.4. The molecule has 0 radical (unpaired) electrons. The monoisotopic (exact) mass is 876 g/mol. The van der Waals surface area contributed by atoms with Gasteiger partial charge in [0, 0.05) is 47.3 Å². The number of rotatable bonds is 10. The van der Waals surface area contributed by atoms with E-state index in [4.69, 9.17) is 33.2 Å². The van der Waals surface area contributed by atoms with E-state index in [9.17, 15) is 9.90 Å². The zero-order valence-corrected chi connectivity index (χ0v) is 34.4. The topological polar surface area (TPSA) is 136 Å². The predicted octanol–water partition coefficient (Wildman–Crippen LogP) is 0.538. The Morgan fingerprint density at radius 1 is 0.927 bits per heavy atom. The normalized spacial score (nSPS) is 21.6. The number of halogens is 1. The fourth-order valence-electron chi connectivity index (χ4n) is 6.81. The summed E-state index contributed by atoms with van der Waals surface area (Å²) in [6, 6.07) is 15.7.